The lowest BCUT2D eigenvalue weighted by Gasteiger charge is -2.17. The average Bonchev–Trinajstić information content (AvgIpc) is 3.02. The van der Waals surface area contributed by atoms with Crippen LogP contribution in [0.2, 0.25) is 0 Å². The zero-order valence-corrected chi connectivity index (χ0v) is 18.1. The third-order valence-electron chi connectivity index (χ3n) is 4.46. The van der Waals surface area contributed by atoms with Crippen molar-refractivity contribution in [2.75, 3.05) is 13.2 Å². The fourth-order valence-electron chi connectivity index (χ4n) is 3.11. The fraction of sp³-hybridized carbons (Fsp3) is 0.200. The van der Waals surface area contributed by atoms with Crippen LogP contribution in [0, 0.1) is 12.3 Å². The summed E-state index contributed by atoms with van der Waals surface area (Å²) in [4.78, 5) is 25.9. The fourth-order valence-corrected chi connectivity index (χ4v) is 3.95. The van der Waals surface area contributed by atoms with Gasteiger partial charge in [-0.2, -0.15) is 0 Å². The van der Waals surface area contributed by atoms with Crippen LogP contribution in [0.3, 0.4) is 0 Å². The first-order chi connectivity index (χ1) is 15.1. The monoisotopic (exact) mass is 433 g/mol. The molecule has 0 aliphatic carbocycles. The molecule has 0 N–H and O–H groups in total. The van der Waals surface area contributed by atoms with E-state index in [-0.39, 0.29) is 17.7 Å². The number of carbonyl (C=O) groups excluding carboxylic acids is 2. The Morgan fingerprint density at radius 2 is 1.97 bits per heavy atom. The smallest absolute Gasteiger partial charge is 0.294 e. The summed E-state index contributed by atoms with van der Waals surface area (Å²) in [6.45, 7) is 6.54. The second kappa shape index (κ2) is 10.6. The van der Waals surface area contributed by atoms with Gasteiger partial charge in [0.1, 0.15) is 6.61 Å². The van der Waals surface area contributed by atoms with Crippen molar-refractivity contribution in [3.8, 4) is 23.8 Å². The SMILES string of the molecule is C#CCN1C(=O)SC(=Cc2cc(CC=C)c(OCc3ccccc3)c(OCC)c2)C1=O. The summed E-state index contributed by atoms with van der Waals surface area (Å²) >= 11 is 0.877. The van der Waals surface area contributed by atoms with Crippen LogP contribution in [0.5, 0.6) is 11.5 Å². The highest BCUT2D eigenvalue weighted by Crippen LogP contribution is 2.37. The van der Waals surface area contributed by atoms with Crippen molar-refractivity contribution in [1.29, 1.82) is 0 Å². The molecule has 31 heavy (non-hydrogen) atoms. The normalized spacial score (nSPS) is 14.6. The van der Waals surface area contributed by atoms with Crippen LogP contribution in [0.15, 0.2) is 60.0 Å². The van der Waals surface area contributed by atoms with E-state index in [4.69, 9.17) is 15.9 Å². The molecule has 1 aliphatic heterocycles. The average molecular weight is 434 g/mol. The second-order valence-corrected chi connectivity index (χ2v) is 7.67. The van der Waals surface area contributed by atoms with Crippen LogP contribution >= 0.6 is 11.8 Å². The third kappa shape index (κ3) is 5.39. The first-order valence-electron chi connectivity index (χ1n) is 9.83. The first kappa shape index (κ1) is 22.3. The summed E-state index contributed by atoms with van der Waals surface area (Å²) in [5.41, 5.74) is 2.66. The van der Waals surface area contributed by atoms with Crippen LogP contribution in [0.4, 0.5) is 4.79 Å². The second-order valence-electron chi connectivity index (χ2n) is 6.68. The van der Waals surface area contributed by atoms with E-state index in [1.807, 2.05) is 49.4 Å². The Morgan fingerprint density at radius 3 is 2.65 bits per heavy atom. The number of amides is 2. The van der Waals surface area contributed by atoms with E-state index in [0.717, 1.165) is 33.4 Å². The van der Waals surface area contributed by atoms with Gasteiger partial charge in [0.15, 0.2) is 11.5 Å². The predicted molar refractivity (Wildman–Crippen MR) is 124 cm³/mol. The zero-order chi connectivity index (χ0) is 22.2. The lowest BCUT2D eigenvalue weighted by atomic mass is 10.0. The van der Waals surface area contributed by atoms with Gasteiger partial charge in [-0.25, -0.2) is 0 Å². The lowest BCUT2D eigenvalue weighted by Crippen LogP contribution is -2.28. The Bertz CT molecular complexity index is 1050. The summed E-state index contributed by atoms with van der Waals surface area (Å²) in [6.07, 6.45) is 9.28. The lowest BCUT2D eigenvalue weighted by molar-refractivity contribution is -0.122. The summed E-state index contributed by atoms with van der Waals surface area (Å²) in [6, 6.07) is 13.6. The van der Waals surface area contributed by atoms with Gasteiger partial charge in [-0.1, -0.05) is 42.3 Å². The van der Waals surface area contributed by atoms with E-state index in [1.54, 1.807) is 12.2 Å². The molecule has 0 atom stereocenters. The molecular weight excluding hydrogens is 410 g/mol. The summed E-state index contributed by atoms with van der Waals surface area (Å²) in [5.74, 6) is 3.17. The van der Waals surface area contributed by atoms with Crippen LogP contribution < -0.4 is 9.47 Å². The zero-order valence-electron chi connectivity index (χ0n) is 17.3. The van der Waals surface area contributed by atoms with Crippen molar-refractivity contribution in [3.63, 3.8) is 0 Å². The number of terminal acetylenes is 1. The molecular formula is C25H23NO4S. The molecule has 2 aromatic rings. The van der Waals surface area contributed by atoms with Gasteiger partial charge in [0, 0.05) is 5.56 Å². The Kier molecular flexibility index (Phi) is 7.58. The molecule has 1 aliphatic rings. The van der Waals surface area contributed by atoms with Crippen molar-refractivity contribution in [1.82, 2.24) is 4.90 Å². The van der Waals surface area contributed by atoms with Crippen molar-refractivity contribution in [2.24, 2.45) is 0 Å². The highest BCUT2D eigenvalue weighted by atomic mass is 32.2. The van der Waals surface area contributed by atoms with Gasteiger partial charge in [0.2, 0.25) is 0 Å². The number of imide groups is 1. The number of carbonyl (C=O) groups is 2. The van der Waals surface area contributed by atoms with E-state index in [9.17, 15) is 9.59 Å². The van der Waals surface area contributed by atoms with Crippen LogP contribution in [0.1, 0.15) is 23.6 Å². The first-order valence-corrected chi connectivity index (χ1v) is 10.6. The van der Waals surface area contributed by atoms with Crippen molar-refractivity contribution in [2.45, 2.75) is 20.0 Å². The Morgan fingerprint density at radius 1 is 1.19 bits per heavy atom. The molecule has 0 bridgehead atoms. The minimum atomic E-state index is -0.388. The predicted octanol–water partition coefficient (Wildman–Crippen LogP) is 5.06. The van der Waals surface area contributed by atoms with Gasteiger partial charge in [-0.3, -0.25) is 14.5 Å². The topological polar surface area (TPSA) is 55.8 Å². The highest BCUT2D eigenvalue weighted by molar-refractivity contribution is 8.18. The number of rotatable bonds is 9. The summed E-state index contributed by atoms with van der Waals surface area (Å²) in [5, 5.41) is -0.367. The maximum Gasteiger partial charge on any atom is 0.294 e. The Balaban J connectivity index is 1.95. The van der Waals surface area contributed by atoms with E-state index >= 15 is 0 Å². The molecule has 1 fully saturated rings. The molecule has 1 heterocycles. The van der Waals surface area contributed by atoms with Gasteiger partial charge < -0.3 is 9.47 Å². The number of hydrogen-bond acceptors (Lipinski definition) is 5. The summed E-state index contributed by atoms with van der Waals surface area (Å²) < 4.78 is 12.0. The van der Waals surface area contributed by atoms with E-state index in [2.05, 4.69) is 12.5 Å². The maximum atomic E-state index is 12.5. The number of hydrogen-bond donors (Lipinski definition) is 0. The Labute approximate surface area is 186 Å². The van der Waals surface area contributed by atoms with Crippen molar-refractivity contribution >= 4 is 29.0 Å². The molecule has 5 nitrogen and oxygen atoms in total. The molecule has 0 saturated carbocycles. The maximum absolute atomic E-state index is 12.5. The largest absolute Gasteiger partial charge is 0.490 e. The van der Waals surface area contributed by atoms with Crippen LogP contribution in [0.25, 0.3) is 6.08 Å². The highest BCUT2D eigenvalue weighted by Gasteiger charge is 2.34. The van der Waals surface area contributed by atoms with E-state index in [1.165, 1.54) is 0 Å². The standard InChI is InChI=1S/C25H23NO4S/c1-4-10-20-14-19(16-22-24(27)26(13-5-2)25(28)31-22)15-21(29-6-3)23(20)30-17-18-11-8-7-9-12-18/h2,4,7-9,11-12,14-16H,1,6,10,13,17H2,3H3. The van der Waals surface area contributed by atoms with Gasteiger partial charge >= 0.3 is 0 Å². The molecule has 0 unspecified atom stereocenters. The molecule has 0 aromatic heterocycles. The minimum Gasteiger partial charge on any atom is -0.490 e. The molecule has 158 valence electrons. The third-order valence-corrected chi connectivity index (χ3v) is 5.37. The number of nitrogens with zero attached hydrogens (tertiary/aromatic N) is 1. The molecule has 6 heteroatoms. The number of thioether (sulfide) groups is 1. The number of allylic oxidation sites excluding steroid dienone is 1. The van der Waals surface area contributed by atoms with Crippen LogP contribution in [-0.4, -0.2) is 29.2 Å². The molecule has 3 rings (SSSR count). The summed E-state index contributed by atoms with van der Waals surface area (Å²) in [7, 11) is 0. The number of ether oxygens (including phenoxy) is 2. The molecule has 0 spiro atoms. The molecule has 2 aromatic carbocycles. The van der Waals surface area contributed by atoms with Gasteiger partial charge in [-0.15, -0.1) is 13.0 Å². The minimum absolute atomic E-state index is 0.0415. The van der Waals surface area contributed by atoms with Crippen molar-refractivity contribution < 1.29 is 19.1 Å². The van der Waals surface area contributed by atoms with Gasteiger partial charge in [0.05, 0.1) is 18.1 Å². The van der Waals surface area contributed by atoms with Crippen LogP contribution in [-0.2, 0) is 17.8 Å². The van der Waals surface area contributed by atoms with Gasteiger partial charge in [-0.05, 0) is 54.4 Å². The molecule has 2 amide bonds. The van der Waals surface area contributed by atoms with Crippen molar-refractivity contribution in [3.05, 3.63) is 76.7 Å². The van der Waals surface area contributed by atoms with E-state index in [0.29, 0.717) is 36.0 Å². The quantitative estimate of drug-likeness (QED) is 0.314. The number of benzene rings is 2. The molecule has 1 saturated heterocycles. The molecule has 0 radical (unpaired) electrons. The van der Waals surface area contributed by atoms with E-state index < -0.39 is 0 Å². The Hall–Kier alpha value is -3.43. The van der Waals surface area contributed by atoms with Gasteiger partial charge in [0.25, 0.3) is 11.1 Å².